The van der Waals surface area contributed by atoms with Gasteiger partial charge in [-0.15, -0.1) is 0 Å². The lowest BCUT2D eigenvalue weighted by Crippen LogP contribution is -2.45. The molecule has 0 aromatic heterocycles. The minimum absolute atomic E-state index is 0.787. The monoisotopic (exact) mass is 267 g/mol. The van der Waals surface area contributed by atoms with Crippen LogP contribution in [0.1, 0.15) is 39.0 Å². The Morgan fingerprint density at radius 1 is 1.32 bits per heavy atom. The fraction of sp³-hybridized carbons (Fsp3) is 1.00. The van der Waals surface area contributed by atoms with E-state index in [1.165, 1.54) is 64.8 Å². The van der Waals surface area contributed by atoms with E-state index in [0.29, 0.717) is 0 Å². The maximum Gasteiger partial charge on any atom is 0.0220 e. The highest BCUT2D eigenvalue weighted by atomic mass is 15.2. The number of likely N-dealkylation sites (N-methyl/N-ethyl adjacent to an activating group) is 2. The molecular formula is C16H33N3. The van der Waals surface area contributed by atoms with Gasteiger partial charge in [-0.25, -0.2) is 0 Å². The molecule has 2 rings (SSSR count). The zero-order chi connectivity index (χ0) is 13.7. The zero-order valence-electron chi connectivity index (χ0n) is 13.2. The van der Waals surface area contributed by atoms with Crippen molar-refractivity contribution in [1.82, 2.24) is 15.1 Å². The van der Waals surface area contributed by atoms with Gasteiger partial charge in [-0.3, -0.25) is 0 Å². The summed E-state index contributed by atoms with van der Waals surface area (Å²) < 4.78 is 0. The fourth-order valence-electron chi connectivity index (χ4n) is 3.69. The first-order valence-corrected chi connectivity index (χ1v) is 8.26. The summed E-state index contributed by atoms with van der Waals surface area (Å²) in [6, 6.07) is 0.787. The van der Waals surface area contributed by atoms with E-state index in [1.807, 2.05) is 0 Å². The molecule has 0 spiro atoms. The van der Waals surface area contributed by atoms with Crippen molar-refractivity contribution in [2.24, 2.45) is 11.8 Å². The first kappa shape index (κ1) is 15.3. The summed E-state index contributed by atoms with van der Waals surface area (Å²) in [5.74, 6) is 1.78. The van der Waals surface area contributed by atoms with E-state index in [0.717, 1.165) is 17.9 Å². The molecule has 2 aliphatic heterocycles. The molecule has 3 heteroatoms. The quantitative estimate of drug-likeness (QED) is 0.822. The lowest BCUT2D eigenvalue weighted by atomic mass is 9.85. The van der Waals surface area contributed by atoms with Crippen molar-refractivity contribution in [2.75, 3.05) is 46.8 Å². The molecule has 0 aromatic carbocycles. The van der Waals surface area contributed by atoms with Crippen LogP contribution in [-0.2, 0) is 0 Å². The van der Waals surface area contributed by atoms with Crippen molar-refractivity contribution >= 4 is 0 Å². The van der Waals surface area contributed by atoms with Crippen LogP contribution >= 0.6 is 0 Å². The van der Waals surface area contributed by atoms with Gasteiger partial charge in [-0.2, -0.15) is 0 Å². The number of rotatable bonds is 5. The van der Waals surface area contributed by atoms with Crippen molar-refractivity contribution in [2.45, 2.75) is 45.1 Å². The van der Waals surface area contributed by atoms with Gasteiger partial charge in [0.1, 0.15) is 0 Å². The van der Waals surface area contributed by atoms with E-state index in [2.05, 4.69) is 36.1 Å². The zero-order valence-corrected chi connectivity index (χ0v) is 13.2. The number of nitrogens with one attached hydrogen (secondary N) is 1. The highest BCUT2D eigenvalue weighted by molar-refractivity contribution is 4.79. The van der Waals surface area contributed by atoms with Crippen LogP contribution < -0.4 is 5.32 Å². The van der Waals surface area contributed by atoms with Crippen LogP contribution in [0, 0.1) is 11.8 Å². The number of nitrogens with zero attached hydrogens (tertiary/aromatic N) is 2. The predicted molar refractivity (Wildman–Crippen MR) is 82.5 cm³/mol. The third kappa shape index (κ3) is 4.73. The largest absolute Gasteiger partial charge is 0.316 e. The molecule has 19 heavy (non-hydrogen) atoms. The van der Waals surface area contributed by atoms with Gasteiger partial charge in [0.15, 0.2) is 0 Å². The summed E-state index contributed by atoms with van der Waals surface area (Å²) in [5.41, 5.74) is 0. The minimum atomic E-state index is 0.787. The van der Waals surface area contributed by atoms with Gasteiger partial charge in [0, 0.05) is 12.6 Å². The molecule has 0 bridgehead atoms. The number of likely N-dealkylation sites (tertiary alicyclic amines) is 1. The summed E-state index contributed by atoms with van der Waals surface area (Å²) in [6.07, 6.45) is 6.93. The Bertz CT molecular complexity index is 250. The van der Waals surface area contributed by atoms with Gasteiger partial charge < -0.3 is 15.1 Å². The standard InChI is InChI=1S/C16H33N3/c1-14(15-6-4-9-17-12-15)8-11-19(3)16-7-5-10-18(2)13-16/h14-17H,4-13H2,1-3H3. The van der Waals surface area contributed by atoms with Gasteiger partial charge in [-0.05, 0) is 84.2 Å². The van der Waals surface area contributed by atoms with E-state index < -0.39 is 0 Å². The second-order valence-corrected chi connectivity index (χ2v) is 6.91. The molecule has 1 N–H and O–H groups in total. The SMILES string of the molecule is CC(CCN(C)C1CCCN(C)C1)C1CCCNC1. The maximum atomic E-state index is 3.55. The maximum absolute atomic E-state index is 3.55. The summed E-state index contributed by atoms with van der Waals surface area (Å²) in [7, 11) is 4.59. The van der Waals surface area contributed by atoms with Crippen LogP contribution in [0.15, 0.2) is 0 Å². The summed E-state index contributed by atoms with van der Waals surface area (Å²) >= 11 is 0. The van der Waals surface area contributed by atoms with Gasteiger partial charge in [0.05, 0.1) is 0 Å². The second-order valence-electron chi connectivity index (χ2n) is 6.91. The summed E-state index contributed by atoms with van der Waals surface area (Å²) in [5, 5.41) is 3.55. The van der Waals surface area contributed by atoms with Crippen molar-refractivity contribution in [3.63, 3.8) is 0 Å². The molecule has 0 amide bonds. The molecule has 3 nitrogen and oxygen atoms in total. The van der Waals surface area contributed by atoms with E-state index in [4.69, 9.17) is 0 Å². The van der Waals surface area contributed by atoms with Gasteiger partial charge in [-0.1, -0.05) is 6.92 Å². The van der Waals surface area contributed by atoms with Crippen LogP contribution in [0.5, 0.6) is 0 Å². The first-order valence-electron chi connectivity index (χ1n) is 8.26. The second kappa shape index (κ2) is 7.61. The minimum Gasteiger partial charge on any atom is -0.316 e. The highest BCUT2D eigenvalue weighted by Gasteiger charge is 2.23. The molecule has 3 atom stereocenters. The van der Waals surface area contributed by atoms with Crippen molar-refractivity contribution in [3.05, 3.63) is 0 Å². The predicted octanol–water partition coefficient (Wildman–Crippen LogP) is 2.04. The van der Waals surface area contributed by atoms with E-state index >= 15 is 0 Å². The van der Waals surface area contributed by atoms with Gasteiger partial charge in [0.25, 0.3) is 0 Å². The molecule has 0 aromatic rings. The third-order valence-electron chi connectivity index (χ3n) is 5.30. The Kier molecular flexibility index (Phi) is 6.11. The van der Waals surface area contributed by atoms with E-state index in [1.54, 1.807) is 0 Å². The molecule has 2 saturated heterocycles. The number of hydrogen-bond acceptors (Lipinski definition) is 3. The normalized spacial score (nSPS) is 31.6. The molecule has 0 saturated carbocycles. The van der Waals surface area contributed by atoms with Crippen molar-refractivity contribution in [3.8, 4) is 0 Å². The highest BCUT2D eigenvalue weighted by Crippen LogP contribution is 2.23. The Morgan fingerprint density at radius 3 is 2.84 bits per heavy atom. The first-order chi connectivity index (χ1) is 9.16. The van der Waals surface area contributed by atoms with Crippen molar-refractivity contribution < 1.29 is 0 Å². The Morgan fingerprint density at radius 2 is 2.16 bits per heavy atom. The lowest BCUT2D eigenvalue weighted by Gasteiger charge is -2.37. The summed E-state index contributed by atoms with van der Waals surface area (Å²) in [6.45, 7) is 8.76. The lowest BCUT2D eigenvalue weighted by molar-refractivity contribution is 0.124. The molecule has 2 fully saturated rings. The van der Waals surface area contributed by atoms with Gasteiger partial charge >= 0.3 is 0 Å². The molecule has 0 radical (unpaired) electrons. The van der Waals surface area contributed by atoms with Crippen LogP contribution in [0.4, 0.5) is 0 Å². The molecule has 2 heterocycles. The van der Waals surface area contributed by atoms with E-state index in [-0.39, 0.29) is 0 Å². The topological polar surface area (TPSA) is 18.5 Å². The Balaban J connectivity index is 1.68. The smallest absolute Gasteiger partial charge is 0.0220 e. The number of piperidine rings is 2. The summed E-state index contributed by atoms with van der Waals surface area (Å²) in [4.78, 5) is 5.10. The van der Waals surface area contributed by atoms with Crippen LogP contribution in [-0.4, -0.2) is 62.7 Å². The van der Waals surface area contributed by atoms with Crippen LogP contribution in [0.2, 0.25) is 0 Å². The van der Waals surface area contributed by atoms with E-state index in [9.17, 15) is 0 Å². The van der Waals surface area contributed by atoms with Crippen LogP contribution in [0.3, 0.4) is 0 Å². The Labute approximate surface area is 119 Å². The Hall–Kier alpha value is -0.120. The molecule has 0 aliphatic carbocycles. The number of hydrogen-bond donors (Lipinski definition) is 1. The van der Waals surface area contributed by atoms with Crippen LogP contribution in [0.25, 0.3) is 0 Å². The average Bonchev–Trinajstić information content (AvgIpc) is 2.45. The molecule has 112 valence electrons. The van der Waals surface area contributed by atoms with Gasteiger partial charge in [0.2, 0.25) is 0 Å². The molecule has 3 unspecified atom stereocenters. The average molecular weight is 267 g/mol. The fourth-order valence-corrected chi connectivity index (χ4v) is 3.69. The third-order valence-corrected chi connectivity index (χ3v) is 5.30. The molecule has 2 aliphatic rings. The van der Waals surface area contributed by atoms with Crippen molar-refractivity contribution in [1.29, 1.82) is 0 Å². The molecular weight excluding hydrogens is 234 g/mol.